The van der Waals surface area contributed by atoms with Gasteiger partial charge in [0.2, 0.25) is 0 Å². The summed E-state index contributed by atoms with van der Waals surface area (Å²) >= 11 is 2.55. The highest BCUT2D eigenvalue weighted by Gasteiger charge is 2.20. The third kappa shape index (κ3) is 6.37. The van der Waals surface area contributed by atoms with Gasteiger partial charge >= 0.3 is 5.97 Å². The van der Waals surface area contributed by atoms with Crippen LogP contribution in [0, 0.1) is 17.0 Å². The first-order chi connectivity index (χ1) is 15.8. The van der Waals surface area contributed by atoms with Gasteiger partial charge in [0.15, 0.2) is 10.9 Å². The molecule has 0 aliphatic carbocycles. The highest BCUT2D eigenvalue weighted by Crippen LogP contribution is 2.34. The minimum atomic E-state index is -0.875. The number of aromatic nitrogens is 1. The van der Waals surface area contributed by atoms with Crippen molar-refractivity contribution in [1.29, 1.82) is 0 Å². The maximum absolute atomic E-state index is 12.6. The Kier molecular flexibility index (Phi) is 7.74. The Morgan fingerprint density at radius 3 is 2.52 bits per heavy atom. The van der Waals surface area contributed by atoms with Crippen LogP contribution in [0.5, 0.6) is 0 Å². The van der Waals surface area contributed by atoms with Crippen LogP contribution in [0.15, 0.2) is 57.1 Å². The summed E-state index contributed by atoms with van der Waals surface area (Å²) in [6.07, 6.45) is 0. The van der Waals surface area contributed by atoms with Gasteiger partial charge in [-0.05, 0) is 37.3 Å². The quantitative estimate of drug-likeness (QED) is 0.279. The summed E-state index contributed by atoms with van der Waals surface area (Å²) in [6.45, 7) is 1.23. The van der Waals surface area contributed by atoms with Gasteiger partial charge in [-0.15, -0.1) is 11.3 Å². The molecule has 2 amide bonds. The Labute approximate surface area is 196 Å². The Morgan fingerprint density at radius 1 is 1.18 bits per heavy atom. The number of aryl methyl sites for hydroxylation is 1. The first-order valence-corrected chi connectivity index (χ1v) is 11.1. The van der Waals surface area contributed by atoms with E-state index < -0.39 is 23.4 Å². The zero-order valence-electron chi connectivity index (χ0n) is 17.5. The number of thiazole rings is 1. The van der Waals surface area contributed by atoms with Crippen LogP contribution in [0.1, 0.15) is 26.4 Å². The molecule has 1 heterocycles. The van der Waals surface area contributed by atoms with E-state index in [2.05, 4.69) is 15.6 Å². The van der Waals surface area contributed by atoms with Crippen molar-refractivity contribution in [2.24, 2.45) is 0 Å². The highest BCUT2D eigenvalue weighted by molar-refractivity contribution is 8.01. The van der Waals surface area contributed by atoms with E-state index in [0.29, 0.717) is 20.5 Å². The van der Waals surface area contributed by atoms with E-state index in [1.807, 2.05) is 12.3 Å². The molecule has 0 aliphatic rings. The van der Waals surface area contributed by atoms with Crippen molar-refractivity contribution in [2.45, 2.75) is 16.2 Å². The second kappa shape index (κ2) is 10.7. The average molecular weight is 487 g/mol. The Bertz CT molecular complexity index is 1210. The number of nitrogens with zero attached hydrogens (tertiary/aromatic N) is 2. The van der Waals surface area contributed by atoms with Crippen LogP contribution in [-0.4, -0.2) is 41.3 Å². The third-order valence-electron chi connectivity index (χ3n) is 4.18. The van der Waals surface area contributed by atoms with Gasteiger partial charge in [0, 0.05) is 46.4 Å². The van der Waals surface area contributed by atoms with Crippen LogP contribution in [0.2, 0.25) is 0 Å². The zero-order chi connectivity index (χ0) is 24.0. The van der Waals surface area contributed by atoms with Crippen molar-refractivity contribution >= 4 is 52.3 Å². The lowest BCUT2D eigenvalue weighted by Crippen LogP contribution is -2.21. The molecule has 0 spiro atoms. The maximum atomic E-state index is 12.6. The Balaban J connectivity index is 1.68. The average Bonchev–Trinajstić information content (AvgIpc) is 3.22. The predicted octanol–water partition coefficient (Wildman–Crippen LogP) is 3.67. The minimum Gasteiger partial charge on any atom is -0.452 e. The number of nitrogens with one attached hydrogen (secondary N) is 2. The SMILES string of the molecule is CNC(=O)c1ccc(NC(=O)COC(=O)c2cc([N+](=O)[O-])ccc2Sc2nc(C)cs2)cc1. The standard InChI is InChI=1S/C21H18N4O6S2/c1-12-11-32-21(23-12)33-17-8-7-15(25(29)30)9-16(17)20(28)31-10-18(26)24-14-5-3-13(4-6-14)19(27)22-2/h3-9,11H,10H2,1-2H3,(H,22,27)(H,24,26). The molecule has 2 aromatic carbocycles. The van der Waals surface area contributed by atoms with Gasteiger partial charge < -0.3 is 15.4 Å². The number of rotatable bonds is 8. The maximum Gasteiger partial charge on any atom is 0.340 e. The summed E-state index contributed by atoms with van der Waals surface area (Å²) in [5, 5.41) is 18.0. The smallest absolute Gasteiger partial charge is 0.340 e. The monoisotopic (exact) mass is 486 g/mol. The highest BCUT2D eigenvalue weighted by atomic mass is 32.2. The van der Waals surface area contributed by atoms with Crippen LogP contribution in [0.3, 0.4) is 0 Å². The molecule has 3 aromatic rings. The number of benzene rings is 2. The molecule has 0 saturated carbocycles. The molecule has 33 heavy (non-hydrogen) atoms. The molecule has 0 saturated heterocycles. The number of hydrogen-bond acceptors (Lipinski definition) is 9. The molecular formula is C21H18N4O6S2. The normalized spacial score (nSPS) is 10.4. The molecule has 0 aliphatic heterocycles. The van der Waals surface area contributed by atoms with Crippen molar-refractivity contribution in [3.63, 3.8) is 0 Å². The van der Waals surface area contributed by atoms with E-state index in [0.717, 1.165) is 11.8 Å². The number of non-ortho nitro benzene ring substituents is 1. The second-order valence-electron chi connectivity index (χ2n) is 6.58. The predicted molar refractivity (Wildman–Crippen MR) is 123 cm³/mol. The van der Waals surface area contributed by atoms with E-state index in [4.69, 9.17) is 4.74 Å². The van der Waals surface area contributed by atoms with E-state index in [1.165, 1.54) is 66.5 Å². The van der Waals surface area contributed by atoms with Crippen LogP contribution in [0.4, 0.5) is 11.4 Å². The van der Waals surface area contributed by atoms with Crippen molar-refractivity contribution in [3.8, 4) is 0 Å². The molecule has 0 bridgehead atoms. The van der Waals surface area contributed by atoms with Gasteiger partial charge in [-0.1, -0.05) is 11.8 Å². The number of ether oxygens (including phenoxy) is 1. The number of carbonyl (C=O) groups excluding carboxylic acids is 3. The summed E-state index contributed by atoms with van der Waals surface area (Å²) in [5.41, 5.74) is 1.34. The number of hydrogen-bond donors (Lipinski definition) is 2. The van der Waals surface area contributed by atoms with Gasteiger partial charge in [-0.25, -0.2) is 9.78 Å². The largest absolute Gasteiger partial charge is 0.452 e. The molecular weight excluding hydrogens is 468 g/mol. The number of anilines is 1. The Hall–Kier alpha value is -3.77. The molecule has 1 aromatic heterocycles. The molecule has 0 radical (unpaired) electrons. The van der Waals surface area contributed by atoms with Crippen LogP contribution in [-0.2, 0) is 9.53 Å². The summed E-state index contributed by atoms with van der Waals surface area (Å²) < 4.78 is 5.75. The summed E-state index contributed by atoms with van der Waals surface area (Å²) in [6, 6.07) is 9.99. The van der Waals surface area contributed by atoms with Crippen LogP contribution < -0.4 is 10.6 Å². The van der Waals surface area contributed by atoms with Gasteiger partial charge in [-0.2, -0.15) is 0 Å². The van der Waals surface area contributed by atoms with Gasteiger partial charge in [-0.3, -0.25) is 19.7 Å². The molecule has 170 valence electrons. The van der Waals surface area contributed by atoms with Crippen molar-refractivity contribution in [3.05, 3.63) is 74.8 Å². The fraction of sp³-hybridized carbons (Fsp3) is 0.143. The lowest BCUT2D eigenvalue weighted by Gasteiger charge is -2.09. The van der Waals surface area contributed by atoms with Crippen molar-refractivity contribution in [2.75, 3.05) is 19.0 Å². The third-order valence-corrected chi connectivity index (χ3v) is 6.31. The number of carbonyl (C=O) groups is 3. The molecule has 0 fully saturated rings. The summed E-state index contributed by atoms with van der Waals surface area (Å²) in [7, 11) is 1.51. The molecule has 12 heteroatoms. The van der Waals surface area contributed by atoms with Crippen molar-refractivity contribution < 1.29 is 24.0 Å². The summed E-state index contributed by atoms with van der Waals surface area (Å²) in [4.78, 5) is 51.7. The fourth-order valence-corrected chi connectivity index (χ4v) is 4.50. The number of nitro benzene ring substituents is 1. The minimum absolute atomic E-state index is 0.0372. The molecule has 3 rings (SSSR count). The fourth-order valence-electron chi connectivity index (χ4n) is 2.61. The van der Waals surface area contributed by atoms with E-state index in [-0.39, 0.29) is 17.2 Å². The first-order valence-electron chi connectivity index (χ1n) is 9.44. The van der Waals surface area contributed by atoms with Crippen LogP contribution in [0.25, 0.3) is 0 Å². The lowest BCUT2D eigenvalue weighted by atomic mass is 10.2. The zero-order valence-corrected chi connectivity index (χ0v) is 19.1. The summed E-state index contributed by atoms with van der Waals surface area (Å²) in [5.74, 6) is -1.74. The number of amides is 2. The van der Waals surface area contributed by atoms with E-state index >= 15 is 0 Å². The van der Waals surface area contributed by atoms with E-state index in [9.17, 15) is 24.5 Å². The number of nitro groups is 1. The molecule has 0 unspecified atom stereocenters. The number of esters is 1. The molecule has 10 nitrogen and oxygen atoms in total. The molecule has 2 N–H and O–H groups in total. The van der Waals surface area contributed by atoms with Crippen LogP contribution >= 0.6 is 23.1 Å². The van der Waals surface area contributed by atoms with E-state index in [1.54, 1.807) is 0 Å². The molecule has 0 atom stereocenters. The second-order valence-corrected chi connectivity index (χ2v) is 8.72. The Morgan fingerprint density at radius 2 is 1.91 bits per heavy atom. The van der Waals surface area contributed by atoms with Crippen molar-refractivity contribution in [1.82, 2.24) is 10.3 Å². The lowest BCUT2D eigenvalue weighted by molar-refractivity contribution is -0.384. The van der Waals surface area contributed by atoms with Gasteiger partial charge in [0.25, 0.3) is 17.5 Å². The first kappa shape index (κ1) is 23.9. The van der Waals surface area contributed by atoms with Gasteiger partial charge in [0.1, 0.15) is 0 Å². The van der Waals surface area contributed by atoms with Gasteiger partial charge in [0.05, 0.1) is 10.5 Å². The topological polar surface area (TPSA) is 141 Å².